The molecule has 0 unspecified atom stereocenters. The van der Waals surface area contributed by atoms with Crippen LogP contribution in [0.2, 0.25) is 0 Å². The molecule has 0 saturated carbocycles. The molecule has 1 aromatic heterocycles. The zero-order valence-electron chi connectivity index (χ0n) is 10.0. The van der Waals surface area contributed by atoms with Crippen LogP contribution in [0.3, 0.4) is 0 Å². The minimum absolute atomic E-state index is 0.0239. The maximum atomic E-state index is 12.8. The molecule has 0 radical (unpaired) electrons. The highest BCUT2D eigenvalue weighted by Gasteiger charge is 2.43. The second-order valence-corrected chi connectivity index (χ2v) is 4.18. The summed E-state index contributed by atoms with van der Waals surface area (Å²) in [6.45, 7) is 2.36. The molecule has 100 valence electrons. The Kier molecular flexibility index (Phi) is 2.55. The van der Waals surface area contributed by atoms with Crippen molar-refractivity contribution in [3.8, 4) is 11.5 Å². The van der Waals surface area contributed by atoms with E-state index in [1.165, 1.54) is 12.1 Å². The number of nitrogens with zero attached hydrogens (tertiary/aromatic N) is 1. The van der Waals surface area contributed by atoms with E-state index < -0.39 is 6.29 Å². The van der Waals surface area contributed by atoms with Crippen molar-refractivity contribution in [2.45, 2.75) is 19.8 Å². The number of hydrogen-bond acceptors (Lipinski definition) is 4. The number of aryl methyl sites for hydroxylation is 1. The first-order chi connectivity index (χ1) is 9.02. The third-order valence-corrected chi connectivity index (χ3v) is 2.64. The summed E-state index contributed by atoms with van der Waals surface area (Å²) in [7, 11) is 0. The van der Waals surface area contributed by atoms with Crippen molar-refractivity contribution in [2.75, 3.05) is 5.32 Å². The van der Waals surface area contributed by atoms with E-state index in [0.717, 1.165) is 11.5 Å². The van der Waals surface area contributed by atoms with Gasteiger partial charge in [-0.2, -0.15) is 0 Å². The molecule has 19 heavy (non-hydrogen) atoms. The Bertz CT molecular complexity index is 613. The Hall–Kier alpha value is -2.31. The van der Waals surface area contributed by atoms with Crippen molar-refractivity contribution in [3.05, 3.63) is 35.9 Å². The summed E-state index contributed by atoms with van der Waals surface area (Å²) in [4.78, 5) is 7.13. The number of hydrogen-bond donors (Lipinski definition) is 2. The smallest absolute Gasteiger partial charge is 0.395 e. The summed E-state index contributed by atoms with van der Waals surface area (Å²) in [6, 6.07) is 4.56. The molecule has 0 bridgehead atoms. The van der Waals surface area contributed by atoms with Crippen LogP contribution < -0.4 is 14.8 Å². The lowest BCUT2D eigenvalue weighted by atomic mass is 10.2. The highest BCUT2D eigenvalue weighted by atomic mass is 19.3. The van der Waals surface area contributed by atoms with Gasteiger partial charge in [-0.15, -0.1) is 8.78 Å². The lowest BCUT2D eigenvalue weighted by Gasteiger charge is -2.05. The van der Waals surface area contributed by atoms with Crippen LogP contribution in [-0.4, -0.2) is 16.3 Å². The monoisotopic (exact) mass is 267 g/mol. The molecule has 0 aliphatic carbocycles. The van der Waals surface area contributed by atoms with Crippen LogP contribution in [0.1, 0.15) is 11.5 Å². The van der Waals surface area contributed by atoms with E-state index in [4.69, 9.17) is 0 Å². The van der Waals surface area contributed by atoms with Gasteiger partial charge < -0.3 is 19.8 Å². The van der Waals surface area contributed by atoms with E-state index >= 15 is 0 Å². The number of rotatable bonds is 3. The highest BCUT2D eigenvalue weighted by Crippen LogP contribution is 2.42. The highest BCUT2D eigenvalue weighted by molar-refractivity contribution is 5.56. The number of ether oxygens (including phenoxy) is 2. The largest absolute Gasteiger partial charge is 0.586 e. The van der Waals surface area contributed by atoms with Crippen LogP contribution >= 0.6 is 0 Å². The summed E-state index contributed by atoms with van der Waals surface area (Å²) in [6.07, 6.45) is -1.87. The quantitative estimate of drug-likeness (QED) is 0.897. The normalized spacial score (nSPS) is 15.5. The molecule has 2 N–H and O–H groups in total. The fourth-order valence-corrected chi connectivity index (χ4v) is 1.82. The second-order valence-electron chi connectivity index (χ2n) is 4.18. The van der Waals surface area contributed by atoms with Crippen LogP contribution in [-0.2, 0) is 6.54 Å². The van der Waals surface area contributed by atoms with E-state index in [2.05, 4.69) is 24.8 Å². The summed E-state index contributed by atoms with van der Waals surface area (Å²) in [5, 5.41) is 3.08. The van der Waals surface area contributed by atoms with Crippen molar-refractivity contribution in [1.29, 1.82) is 0 Å². The van der Waals surface area contributed by atoms with Gasteiger partial charge in [0.05, 0.1) is 18.4 Å². The molecule has 5 nitrogen and oxygen atoms in total. The minimum atomic E-state index is -3.58. The van der Waals surface area contributed by atoms with Crippen molar-refractivity contribution < 1.29 is 18.3 Å². The Balaban J connectivity index is 1.70. The Labute approximate surface area is 107 Å². The van der Waals surface area contributed by atoms with Gasteiger partial charge in [0.15, 0.2) is 11.5 Å². The van der Waals surface area contributed by atoms with E-state index in [1.807, 2.05) is 6.92 Å². The first kappa shape index (κ1) is 11.8. The molecule has 0 saturated heterocycles. The number of aromatic nitrogens is 2. The van der Waals surface area contributed by atoms with Crippen LogP contribution in [0, 0.1) is 6.92 Å². The van der Waals surface area contributed by atoms with Gasteiger partial charge in [-0.05, 0) is 19.1 Å². The van der Waals surface area contributed by atoms with Crippen molar-refractivity contribution >= 4 is 5.69 Å². The second kappa shape index (κ2) is 4.11. The third-order valence-electron chi connectivity index (χ3n) is 2.64. The number of nitrogens with one attached hydrogen (secondary N) is 2. The number of alkyl halides is 2. The summed E-state index contributed by atoms with van der Waals surface area (Å²) in [5.74, 6) is 0.880. The summed E-state index contributed by atoms with van der Waals surface area (Å²) >= 11 is 0. The number of benzene rings is 1. The number of H-pyrrole nitrogens is 1. The van der Waals surface area contributed by atoms with Gasteiger partial charge in [0.2, 0.25) is 0 Å². The number of halogens is 2. The molecular formula is C12H11F2N3O2. The average Bonchev–Trinajstić information content (AvgIpc) is 2.87. The van der Waals surface area contributed by atoms with Gasteiger partial charge >= 0.3 is 6.29 Å². The number of anilines is 1. The Morgan fingerprint density at radius 2 is 2.11 bits per heavy atom. The maximum absolute atomic E-state index is 12.8. The van der Waals surface area contributed by atoms with Crippen molar-refractivity contribution in [3.63, 3.8) is 0 Å². The van der Waals surface area contributed by atoms with Crippen molar-refractivity contribution in [1.82, 2.24) is 9.97 Å². The fourth-order valence-electron chi connectivity index (χ4n) is 1.82. The molecule has 0 spiro atoms. The molecule has 0 fully saturated rings. The molecule has 1 aromatic carbocycles. The summed E-state index contributed by atoms with van der Waals surface area (Å²) < 4.78 is 34.4. The molecule has 2 heterocycles. The Morgan fingerprint density at radius 1 is 1.32 bits per heavy atom. The van der Waals surface area contributed by atoms with E-state index in [0.29, 0.717) is 12.2 Å². The fraction of sp³-hybridized carbons (Fsp3) is 0.250. The van der Waals surface area contributed by atoms with Gasteiger partial charge in [0.1, 0.15) is 5.82 Å². The Morgan fingerprint density at radius 3 is 2.84 bits per heavy atom. The lowest BCUT2D eigenvalue weighted by Crippen LogP contribution is -2.25. The van der Waals surface area contributed by atoms with E-state index in [-0.39, 0.29) is 11.5 Å². The van der Waals surface area contributed by atoms with Crippen LogP contribution in [0.4, 0.5) is 14.5 Å². The molecule has 1 aliphatic rings. The van der Waals surface area contributed by atoms with E-state index in [9.17, 15) is 8.78 Å². The van der Waals surface area contributed by atoms with Gasteiger partial charge in [-0.1, -0.05) is 0 Å². The summed E-state index contributed by atoms with van der Waals surface area (Å²) in [5.41, 5.74) is 1.56. The predicted octanol–water partition coefficient (Wildman–Crippen LogP) is 2.65. The topological polar surface area (TPSA) is 59.2 Å². The standard InChI is InChI=1S/C12H11F2N3O2/c1-7-15-5-9(17-7)6-16-8-2-3-10-11(4-8)19-12(13,14)18-10/h2-5,16H,6H2,1H3,(H,15,17). The minimum Gasteiger partial charge on any atom is -0.395 e. The molecule has 1 aliphatic heterocycles. The van der Waals surface area contributed by atoms with Crippen LogP contribution in [0.5, 0.6) is 11.5 Å². The molecule has 0 atom stereocenters. The molecular weight excluding hydrogens is 256 g/mol. The van der Waals surface area contributed by atoms with Gasteiger partial charge in [-0.25, -0.2) is 4.98 Å². The molecule has 0 amide bonds. The van der Waals surface area contributed by atoms with Crippen LogP contribution in [0.15, 0.2) is 24.4 Å². The van der Waals surface area contributed by atoms with Gasteiger partial charge in [0.25, 0.3) is 0 Å². The van der Waals surface area contributed by atoms with Crippen LogP contribution in [0.25, 0.3) is 0 Å². The third kappa shape index (κ3) is 2.44. The molecule has 3 rings (SSSR count). The van der Waals surface area contributed by atoms with Gasteiger partial charge in [-0.3, -0.25) is 0 Å². The zero-order chi connectivity index (χ0) is 13.5. The number of imidazole rings is 1. The van der Waals surface area contributed by atoms with Crippen molar-refractivity contribution in [2.24, 2.45) is 0 Å². The molecule has 2 aromatic rings. The first-order valence-electron chi connectivity index (χ1n) is 5.66. The van der Waals surface area contributed by atoms with E-state index in [1.54, 1.807) is 12.3 Å². The number of fused-ring (bicyclic) bond motifs is 1. The van der Waals surface area contributed by atoms with Gasteiger partial charge in [0, 0.05) is 11.8 Å². The molecule has 7 heteroatoms. The predicted molar refractivity (Wildman–Crippen MR) is 63.3 cm³/mol. The SMILES string of the molecule is Cc1ncc(CNc2ccc3c(c2)OC(F)(F)O3)[nH]1. The first-order valence-corrected chi connectivity index (χ1v) is 5.66. The lowest BCUT2D eigenvalue weighted by molar-refractivity contribution is -0.286. The number of aromatic amines is 1. The average molecular weight is 267 g/mol. The maximum Gasteiger partial charge on any atom is 0.586 e. The zero-order valence-corrected chi connectivity index (χ0v) is 10.0.